The maximum absolute atomic E-state index is 14.4. The Hall–Kier alpha value is -5.90. The molecule has 26 heteroatoms. The Morgan fingerprint density at radius 3 is 1.83 bits per heavy atom. The third kappa shape index (κ3) is 20.3. The molecule has 25 nitrogen and oxygen atoms in total. The Morgan fingerprint density at radius 1 is 0.721 bits per heavy atom. The molecule has 9 atom stereocenters. The number of amides is 9. The second-order valence-electron chi connectivity index (χ2n) is 23.9. The van der Waals surface area contributed by atoms with Crippen molar-refractivity contribution in [1.29, 1.82) is 0 Å². The lowest BCUT2D eigenvalue weighted by molar-refractivity contribution is -0.148. The molecule has 5 N–H and O–H groups in total. The highest BCUT2D eigenvalue weighted by Crippen LogP contribution is 2.45. The van der Waals surface area contributed by atoms with E-state index in [1.54, 1.807) is 49.8 Å². The molecule has 2 heterocycles. The number of hydrogen-bond donors (Lipinski definition) is 5. The fourth-order valence-corrected chi connectivity index (χ4v) is 12.2. The third-order valence-electron chi connectivity index (χ3n) is 16.3. The lowest BCUT2D eigenvalue weighted by atomic mass is 9.89. The number of likely N-dealkylation sites (N-methyl/N-ethyl adjacent to an activating group) is 2. The Balaban J connectivity index is 1.27. The van der Waals surface area contributed by atoms with Gasteiger partial charge in [0.15, 0.2) is 0 Å². The number of methoxy groups -OCH3 is 2. The van der Waals surface area contributed by atoms with Gasteiger partial charge in [-0.3, -0.25) is 53.0 Å². The Bertz CT molecular complexity index is 2590. The average Bonchev–Trinajstić information content (AvgIpc) is 1.71. The number of carbonyl (C=O) groups is 9. The quantitative estimate of drug-likeness (QED) is 0.0466. The molecule has 0 radical (unpaired) electrons. The summed E-state index contributed by atoms with van der Waals surface area (Å²) in [7, 11) is 3.81. The van der Waals surface area contributed by atoms with Gasteiger partial charge < -0.3 is 54.8 Å². The molecule has 484 valence electrons. The van der Waals surface area contributed by atoms with Crippen molar-refractivity contribution in [3.8, 4) is 0 Å². The highest BCUT2D eigenvalue weighted by atomic mass is 32.2. The van der Waals surface area contributed by atoms with E-state index in [1.807, 2.05) is 60.5 Å². The standard InChI is InChI=1S/C60H97N9O16S/c1-15-40(8)54(67(12)59(78)52(38(4)5)63-58(77)53(39(6)7)66(10)11)45(81-13)35-50(74)68-27-16-17-44(68)55(82-14)41(9)56(75)65-86(79,80)43-20-18-42(19-21-43)60(25-26-60)64-47(71)36-61-57(76)51(37(2)3)62-46(70)24-29-83-31-33-85-34-32-84-30-28-69-48(72)22-23-49(69)73/h18-23,37-41,44-45,51-55H,15-17,24-36H2,1-14H3,(H,61,76)(H,62,70)(H,63,77)(H,64,71)(H,65,75)/t40-,41+,44-,45+,51?,52-,53?,54-,55+/m0/s1. The summed E-state index contributed by atoms with van der Waals surface area (Å²) in [5, 5.41) is 11.3. The summed E-state index contributed by atoms with van der Waals surface area (Å²) in [5.74, 6) is -5.64. The van der Waals surface area contributed by atoms with E-state index >= 15 is 0 Å². The van der Waals surface area contributed by atoms with Crippen LogP contribution in [0.25, 0.3) is 0 Å². The average molecular weight is 1230 g/mol. The molecule has 0 aromatic heterocycles. The summed E-state index contributed by atoms with van der Waals surface area (Å²) in [4.78, 5) is 124. The van der Waals surface area contributed by atoms with Gasteiger partial charge in [-0.25, -0.2) is 13.1 Å². The largest absolute Gasteiger partial charge is 0.379 e. The molecule has 86 heavy (non-hydrogen) atoms. The van der Waals surface area contributed by atoms with Gasteiger partial charge in [0.25, 0.3) is 21.8 Å². The molecule has 4 rings (SSSR count). The molecular weight excluding hydrogens is 1130 g/mol. The summed E-state index contributed by atoms with van der Waals surface area (Å²) in [6.07, 6.45) is 3.47. The van der Waals surface area contributed by atoms with Gasteiger partial charge in [-0.1, -0.05) is 80.9 Å². The molecule has 2 fully saturated rings. The van der Waals surface area contributed by atoms with Crippen LogP contribution in [-0.4, -0.2) is 218 Å². The molecule has 1 saturated carbocycles. The molecule has 2 aliphatic heterocycles. The van der Waals surface area contributed by atoms with E-state index in [0.29, 0.717) is 44.2 Å². The van der Waals surface area contributed by atoms with E-state index in [-0.39, 0.29) is 124 Å². The topological polar surface area (TPSA) is 307 Å². The van der Waals surface area contributed by atoms with Crippen molar-refractivity contribution in [2.45, 2.75) is 160 Å². The highest BCUT2D eigenvalue weighted by Gasteiger charge is 2.47. The monoisotopic (exact) mass is 1230 g/mol. The zero-order chi connectivity index (χ0) is 64.2. The van der Waals surface area contributed by atoms with Gasteiger partial charge in [0.2, 0.25) is 41.4 Å². The highest BCUT2D eigenvalue weighted by molar-refractivity contribution is 7.90. The van der Waals surface area contributed by atoms with Gasteiger partial charge in [-0.05, 0) is 81.1 Å². The number of sulfonamides is 1. The number of likely N-dealkylation sites (tertiary alicyclic amines) is 1. The number of nitrogens with zero attached hydrogens (tertiary/aromatic N) is 4. The summed E-state index contributed by atoms with van der Waals surface area (Å²) < 4.78 is 57.9. The van der Waals surface area contributed by atoms with Crippen LogP contribution in [-0.2, 0) is 82.4 Å². The number of carbonyl (C=O) groups excluding carboxylic acids is 9. The third-order valence-corrected chi connectivity index (χ3v) is 17.7. The van der Waals surface area contributed by atoms with Crippen LogP contribution in [0.4, 0.5) is 0 Å². The van der Waals surface area contributed by atoms with Gasteiger partial charge in [-0.15, -0.1) is 0 Å². The predicted octanol–water partition coefficient (Wildman–Crippen LogP) is 1.87. The first-order valence-corrected chi connectivity index (χ1v) is 31.4. The van der Waals surface area contributed by atoms with Crippen molar-refractivity contribution >= 4 is 63.2 Å². The molecule has 3 aliphatic rings. The normalized spacial score (nSPS) is 18.6. The number of ether oxygens (including phenoxy) is 5. The zero-order valence-electron chi connectivity index (χ0n) is 52.9. The molecule has 0 spiro atoms. The second kappa shape index (κ2) is 34.0. The van der Waals surface area contributed by atoms with Gasteiger partial charge in [-0.2, -0.15) is 0 Å². The van der Waals surface area contributed by atoms with E-state index in [9.17, 15) is 51.6 Å². The lowest BCUT2D eigenvalue weighted by Gasteiger charge is -2.41. The van der Waals surface area contributed by atoms with Crippen LogP contribution in [0.5, 0.6) is 0 Å². The number of hydrogen-bond acceptors (Lipinski definition) is 17. The van der Waals surface area contributed by atoms with Gasteiger partial charge in [0.05, 0.1) is 106 Å². The fraction of sp³-hybridized carbons (Fsp3) is 0.717. The second-order valence-corrected chi connectivity index (χ2v) is 25.5. The predicted molar refractivity (Wildman–Crippen MR) is 319 cm³/mol. The van der Waals surface area contributed by atoms with Crippen molar-refractivity contribution in [3.05, 3.63) is 42.0 Å². The minimum atomic E-state index is -4.42. The number of rotatable bonds is 38. The van der Waals surface area contributed by atoms with Crippen LogP contribution < -0.4 is 26.0 Å². The fourth-order valence-electron chi connectivity index (χ4n) is 11.1. The van der Waals surface area contributed by atoms with Crippen LogP contribution in [0.15, 0.2) is 41.3 Å². The Labute approximate surface area is 508 Å². The van der Waals surface area contributed by atoms with Crippen LogP contribution in [0.1, 0.15) is 113 Å². The first kappa shape index (κ1) is 72.6. The summed E-state index contributed by atoms with van der Waals surface area (Å²) in [6.45, 7) is 18.0. The SMILES string of the molecule is CC[C@H](C)[C@@H]([C@@H](CC(=O)N1CCC[C@H]1[C@H](OC)[C@@H](C)C(=O)NS(=O)(=O)c1ccc(C2(NC(=O)CNC(=O)C(NC(=O)CCOCCOCCOCCN3C(=O)C=CC3=O)C(C)C)CC2)cc1)OC)N(C)C(=O)[C@@H](NC(=O)C(C(C)C)N(C)C)C(C)C. The zero-order valence-corrected chi connectivity index (χ0v) is 53.8. The molecule has 1 aromatic carbocycles. The van der Waals surface area contributed by atoms with Crippen molar-refractivity contribution in [3.63, 3.8) is 0 Å². The van der Waals surface area contributed by atoms with Crippen LogP contribution >= 0.6 is 0 Å². The molecule has 1 aromatic rings. The minimum Gasteiger partial charge on any atom is -0.379 e. The maximum atomic E-state index is 14.4. The molecule has 0 bridgehead atoms. The molecule has 1 aliphatic carbocycles. The van der Waals surface area contributed by atoms with E-state index in [4.69, 9.17) is 23.7 Å². The van der Waals surface area contributed by atoms with Crippen LogP contribution in [0.3, 0.4) is 0 Å². The van der Waals surface area contributed by atoms with Crippen LogP contribution in [0, 0.1) is 29.6 Å². The maximum Gasteiger partial charge on any atom is 0.264 e. The van der Waals surface area contributed by atoms with E-state index in [1.165, 1.54) is 38.5 Å². The summed E-state index contributed by atoms with van der Waals surface area (Å²) >= 11 is 0. The van der Waals surface area contributed by atoms with Gasteiger partial charge in [0.1, 0.15) is 12.1 Å². The summed E-state index contributed by atoms with van der Waals surface area (Å²) in [6, 6.07) is 2.40. The van der Waals surface area contributed by atoms with E-state index < -0.39 is 87.5 Å². The Kier molecular flexibility index (Phi) is 28.7. The van der Waals surface area contributed by atoms with E-state index in [0.717, 1.165) is 4.90 Å². The molecule has 9 amide bonds. The lowest BCUT2D eigenvalue weighted by Crippen LogP contribution is -2.59. The van der Waals surface area contributed by atoms with Gasteiger partial charge in [0, 0.05) is 46.4 Å². The molecule has 2 unspecified atom stereocenters. The van der Waals surface area contributed by atoms with Crippen molar-refractivity contribution < 1.29 is 75.3 Å². The molecule has 1 saturated heterocycles. The van der Waals surface area contributed by atoms with Crippen molar-refractivity contribution in [2.24, 2.45) is 29.6 Å². The van der Waals surface area contributed by atoms with Crippen LogP contribution in [0.2, 0.25) is 0 Å². The van der Waals surface area contributed by atoms with Crippen molar-refractivity contribution in [2.75, 3.05) is 94.6 Å². The first-order chi connectivity index (χ1) is 40.5. The van der Waals surface area contributed by atoms with Crippen molar-refractivity contribution in [1.82, 2.24) is 45.6 Å². The number of nitrogens with one attached hydrogen (secondary N) is 5. The minimum absolute atomic E-state index is 0.00934. The Morgan fingerprint density at radius 2 is 1.30 bits per heavy atom. The molecular formula is C60H97N9O16S. The first-order valence-electron chi connectivity index (χ1n) is 30.0. The van der Waals surface area contributed by atoms with Gasteiger partial charge >= 0.3 is 0 Å². The van der Waals surface area contributed by atoms with E-state index in [2.05, 4.69) is 26.0 Å². The number of benzene rings is 1. The summed E-state index contributed by atoms with van der Waals surface area (Å²) in [5.41, 5.74) is -0.199. The number of imide groups is 1. The smallest absolute Gasteiger partial charge is 0.264 e.